The van der Waals surface area contributed by atoms with Gasteiger partial charge in [0.2, 0.25) is 0 Å². The van der Waals surface area contributed by atoms with Gasteiger partial charge in [-0.3, -0.25) is 4.79 Å². The number of carbonyl (C=O) groups is 1. The number of para-hydroxylation sites is 1. The van der Waals surface area contributed by atoms with Crippen LogP contribution in [0.2, 0.25) is 0 Å². The van der Waals surface area contributed by atoms with E-state index in [4.69, 9.17) is 14.2 Å². The average Bonchev–Trinajstić information content (AvgIpc) is 3.17. The summed E-state index contributed by atoms with van der Waals surface area (Å²) in [6, 6.07) is 8.90. The van der Waals surface area contributed by atoms with Crippen molar-refractivity contribution >= 4 is 11.7 Å². The Morgan fingerprint density at radius 3 is 2.52 bits per heavy atom. The van der Waals surface area contributed by atoms with Crippen molar-refractivity contribution in [1.82, 2.24) is 9.78 Å². The molecule has 154 valence electrons. The lowest BCUT2D eigenvalue weighted by Crippen LogP contribution is -2.46. The van der Waals surface area contributed by atoms with Crippen LogP contribution in [0, 0.1) is 6.92 Å². The van der Waals surface area contributed by atoms with E-state index in [1.807, 2.05) is 30.0 Å². The molecule has 0 radical (unpaired) electrons. The van der Waals surface area contributed by atoms with Crippen LogP contribution in [0.25, 0.3) is 5.69 Å². The van der Waals surface area contributed by atoms with E-state index in [9.17, 15) is 9.59 Å². The molecule has 0 N–H and O–H groups in total. The Morgan fingerprint density at radius 2 is 1.86 bits per heavy atom. The number of esters is 1. The van der Waals surface area contributed by atoms with Gasteiger partial charge in [0.25, 0.3) is 5.56 Å². The highest BCUT2D eigenvalue weighted by Gasteiger charge is 2.40. The molecule has 0 unspecified atom stereocenters. The predicted molar refractivity (Wildman–Crippen MR) is 107 cm³/mol. The van der Waals surface area contributed by atoms with Gasteiger partial charge in [-0.1, -0.05) is 18.2 Å². The molecular weight excluding hydrogens is 374 g/mol. The Balaban J connectivity index is 1.72. The predicted octanol–water partition coefficient (Wildman–Crippen LogP) is 2.06. The molecule has 0 bridgehead atoms. The molecule has 29 heavy (non-hydrogen) atoms. The molecule has 0 saturated carbocycles. The zero-order valence-electron chi connectivity index (χ0n) is 16.7. The molecule has 0 aliphatic carbocycles. The molecule has 3 heterocycles. The van der Waals surface area contributed by atoms with E-state index in [1.54, 1.807) is 13.0 Å². The number of nitrogens with zero attached hydrogens (tertiary/aromatic N) is 3. The fraction of sp³-hybridized carbons (Fsp3) is 0.476. The summed E-state index contributed by atoms with van der Waals surface area (Å²) >= 11 is 0. The number of hydrogen-bond donors (Lipinski definition) is 0. The largest absolute Gasteiger partial charge is 0.461 e. The normalized spacial score (nSPS) is 18.2. The van der Waals surface area contributed by atoms with Gasteiger partial charge in [0.1, 0.15) is 0 Å². The third-order valence-electron chi connectivity index (χ3n) is 5.40. The Bertz CT molecular complexity index is 955. The average molecular weight is 399 g/mol. The maximum absolute atomic E-state index is 12.9. The number of carbonyl (C=O) groups excluding carboxylic acids is 1. The van der Waals surface area contributed by atoms with Gasteiger partial charge in [0, 0.05) is 32.0 Å². The Hall–Kier alpha value is -2.71. The summed E-state index contributed by atoms with van der Waals surface area (Å²) in [7, 11) is 0. The number of piperidine rings is 1. The van der Waals surface area contributed by atoms with Gasteiger partial charge in [0.05, 0.1) is 31.2 Å². The van der Waals surface area contributed by atoms with Crippen LogP contribution in [0.1, 0.15) is 35.8 Å². The van der Waals surface area contributed by atoms with E-state index < -0.39 is 11.8 Å². The summed E-state index contributed by atoms with van der Waals surface area (Å²) in [5.74, 6) is -1.08. The van der Waals surface area contributed by atoms with Crippen molar-refractivity contribution in [2.24, 2.45) is 0 Å². The lowest BCUT2D eigenvalue weighted by Gasteiger charge is -2.38. The van der Waals surface area contributed by atoms with Gasteiger partial charge >= 0.3 is 5.97 Å². The molecule has 2 fully saturated rings. The molecule has 1 aromatic heterocycles. The maximum atomic E-state index is 12.9. The van der Waals surface area contributed by atoms with Gasteiger partial charge in [-0.05, 0) is 25.5 Å². The smallest absolute Gasteiger partial charge is 0.360 e. The van der Waals surface area contributed by atoms with Crippen molar-refractivity contribution in [1.29, 1.82) is 0 Å². The minimum absolute atomic E-state index is 0.138. The topological polar surface area (TPSA) is 82.9 Å². The van der Waals surface area contributed by atoms with Gasteiger partial charge < -0.3 is 19.1 Å². The number of ether oxygens (including phenoxy) is 3. The molecule has 2 aromatic rings. The molecule has 8 nitrogen and oxygen atoms in total. The number of rotatable bonds is 4. The summed E-state index contributed by atoms with van der Waals surface area (Å²) in [4.78, 5) is 27.5. The fourth-order valence-corrected chi connectivity index (χ4v) is 3.88. The van der Waals surface area contributed by atoms with Crippen molar-refractivity contribution in [2.75, 3.05) is 37.8 Å². The first kappa shape index (κ1) is 19.6. The minimum atomic E-state index is -0.543. The van der Waals surface area contributed by atoms with Crippen LogP contribution in [0.15, 0.2) is 35.1 Å². The van der Waals surface area contributed by atoms with Gasteiger partial charge in [-0.15, -0.1) is 0 Å². The third kappa shape index (κ3) is 3.77. The number of aromatic nitrogens is 2. The number of anilines is 1. The molecule has 2 aliphatic heterocycles. The first-order valence-electron chi connectivity index (χ1n) is 9.93. The highest BCUT2D eigenvalue weighted by atomic mass is 16.7. The third-order valence-corrected chi connectivity index (χ3v) is 5.40. The van der Waals surface area contributed by atoms with E-state index >= 15 is 0 Å². The molecule has 1 aromatic carbocycles. The van der Waals surface area contributed by atoms with Crippen LogP contribution < -0.4 is 10.5 Å². The van der Waals surface area contributed by atoms with Crippen LogP contribution in [-0.2, 0) is 14.2 Å². The van der Waals surface area contributed by atoms with Crippen molar-refractivity contribution in [3.05, 3.63) is 51.9 Å². The summed E-state index contributed by atoms with van der Waals surface area (Å²) in [5, 5.41) is 4.41. The highest BCUT2D eigenvalue weighted by Crippen LogP contribution is 2.33. The zero-order chi connectivity index (χ0) is 20.4. The summed E-state index contributed by atoms with van der Waals surface area (Å²) in [6.45, 7) is 6.27. The van der Waals surface area contributed by atoms with E-state index in [0.29, 0.717) is 50.5 Å². The summed E-state index contributed by atoms with van der Waals surface area (Å²) in [5.41, 5.74) is 1.86. The van der Waals surface area contributed by atoms with Crippen molar-refractivity contribution < 1.29 is 19.0 Å². The molecule has 0 atom stereocenters. The van der Waals surface area contributed by atoms with Gasteiger partial charge in [0.15, 0.2) is 11.5 Å². The van der Waals surface area contributed by atoms with Crippen molar-refractivity contribution in [3.63, 3.8) is 0 Å². The molecular formula is C21H25N3O5. The Labute approximate surface area is 169 Å². The fourth-order valence-electron chi connectivity index (χ4n) is 3.88. The number of hydrogen-bond acceptors (Lipinski definition) is 7. The molecule has 4 rings (SSSR count). The van der Waals surface area contributed by atoms with Crippen LogP contribution >= 0.6 is 0 Å². The first-order chi connectivity index (χ1) is 14.0. The molecule has 8 heteroatoms. The Kier molecular flexibility index (Phi) is 5.38. The minimum Gasteiger partial charge on any atom is -0.461 e. The van der Waals surface area contributed by atoms with E-state index in [2.05, 4.69) is 5.10 Å². The quantitative estimate of drug-likeness (QED) is 0.728. The lowest BCUT2D eigenvalue weighted by atomic mass is 10.0. The van der Waals surface area contributed by atoms with Crippen LogP contribution in [0.5, 0.6) is 0 Å². The standard InChI is InChI=1S/C21H25N3O5/c1-3-27-20(26)19-17(23-10-8-21(9-11-23)28-12-13-29-21)14-18(25)24(22-19)16-7-5-4-6-15(16)2/h4-7,14H,3,8-13H2,1-2H3. The second kappa shape index (κ2) is 7.96. The lowest BCUT2D eigenvalue weighted by molar-refractivity contribution is -0.169. The zero-order valence-corrected chi connectivity index (χ0v) is 16.7. The second-order valence-corrected chi connectivity index (χ2v) is 7.23. The van der Waals surface area contributed by atoms with Gasteiger partial charge in [-0.2, -0.15) is 9.78 Å². The molecule has 1 spiro atoms. The van der Waals surface area contributed by atoms with Gasteiger partial charge in [-0.25, -0.2) is 4.79 Å². The first-order valence-corrected chi connectivity index (χ1v) is 9.93. The van der Waals surface area contributed by atoms with Crippen LogP contribution in [0.4, 0.5) is 5.69 Å². The molecule has 2 aliphatic rings. The molecule has 2 saturated heterocycles. The van der Waals surface area contributed by atoms with E-state index in [1.165, 1.54) is 10.7 Å². The number of benzene rings is 1. The van der Waals surface area contributed by atoms with Crippen LogP contribution in [-0.4, -0.2) is 54.4 Å². The second-order valence-electron chi connectivity index (χ2n) is 7.23. The maximum Gasteiger partial charge on any atom is 0.360 e. The van der Waals surface area contributed by atoms with E-state index in [0.717, 1.165) is 5.56 Å². The summed E-state index contributed by atoms with van der Waals surface area (Å²) in [6.07, 6.45) is 1.33. The number of aryl methyl sites for hydroxylation is 1. The SMILES string of the molecule is CCOC(=O)c1nn(-c2ccccc2C)c(=O)cc1N1CCC2(CC1)OCCO2. The highest BCUT2D eigenvalue weighted by molar-refractivity contribution is 5.93. The van der Waals surface area contributed by atoms with Crippen molar-refractivity contribution in [2.45, 2.75) is 32.5 Å². The van der Waals surface area contributed by atoms with Crippen LogP contribution in [0.3, 0.4) is 0 Å². The van der Waals surface area contributed by atoms with E-state index in [-0.39, 0.29) is 17.9 Å². The van der Waals surface area contributed by atoms with Crippen molar-refractivity contribution in [3.8, 4) is 5.69 Å². The monoisotopic (exact) mass is 399 g/mol. The Morgan fingerprint density at radius 1 is 1.17 bits per heavy atom. The molecule has 0 amide bonds. The summed E-state index contributed by atoms with van der Waals surface area (Å²) < 4.78 is 18.0.